The molecule has 0 saturated carbocycles. The average Bonchev–Trinajstić information content (AvgIpc) is 3.03. The number of rotatable bonds is 9. The van der Waals surface area contributed by atoms with E-state index in [4.69, 9.17) is 9.47 Å². The van der Waals surface area contributed by atoms with Crippen molar-refractivity contribution in [1.29, 1.82) is 0 Å². The Balaban J connectivity index is 1.13. The summed E-state index contributed by atoms with van der Waals surface area (Å²) in [7, 11) is 3.14. The molecule has 220 valence electrons. The Morgan fingerprint density at radius 2 is 1.55 bits per heavy atom. The number of carbonyl (C=O) groups is 2. The molecule has 8 nitrogen and oxygen atoms in total. The van der Waals surface area contributed by atoms with Crippen LogP contribution in [0.1, 0.15) is 51.0 Å². The van der Waals surface area contributed by atoms with Gasteiger partial charge in [-0.15, -0.1) is 0 Å². The Morgan fingerprint density at radius 3 is 2.31 bits per heavy atom. The lowest BCUT2D eigenvalue weighted by Gasteiger charge is -2.45. The first-order chi connectivity index (χ1) is 20.6. The Morgan fingerprint density at radius 1 is 0.857 bits per heavy atom. The van der Waals surface area contributed by atoms with E-state index in [1.54, 1.807) is 20.3 Å². The minimum atomic E-state index is -0.541. The summed E-state index contributed by atoms with van der Waals surface area (Å²) in [4.78, 5) is 34.6. The summed E-state index contributed by atoms with van der Waals surface area (Å²) < 4.78 is 11.1. The minimum Gasteiger partial charge on any atom is -0.493 e. The fraction of sp³-hybridized carbons (Fsp3) is 0.412. The number of benzene rings is 3. The lowest BCUT2D eigenvalue weighted by molar-refractivity contribution is -0.124. The van der Waals surface area contributed by atoms with E-state index < -0.39 is 5.92 Å². The SMILES string of the molecule is COc1cc2c(cc1OC)C(C(=O)NCCCN1CCN(Cc3ccccc3)CC1)C1c3ccccc3CCN1C2=O. The molecule has 3 aliphatic rings. The van der Waals surface area contributed by atoms with Crippen LogP contribution in [-0.4, -0.2) is 86.5 Å². The molecule has 0 radical (unpaired) electrons. The number of nitrogens with one attached hydrogen (secondary N) is 1. The van der Waals surface area contributed by atoms with Gasteiger partial charge in [0.1, 0.15) is 0 Å². The molecule has 2 amide bonds. The number of fused-ring (bicyclic) bond motifs is 4. The number of amides is 2. The van der Waals surface area contributed by atoms with Crippen LogP contribution in [0.2, 0.25) is 0 Å². The molecule has 1 saturated heterocycles. The van der Waals surface area contributed by atoms with Crippen LogP contribution in [-0.2, 0) is 17.8 Å². The Bertz CT molecular complexity index is 1420. The average molecular weight is 569 g/mol. The van der Waals surface area contributed by atoms with Gasteiger partial charge < -0.3 is 24.6 Å². The van der Waals surface area contributed by atoms with Crippen LogP contribution in [0, 0.1) is 0 Å². The van der Waals surface area contributed by atoms with Crippen LogP contribution in [0.5, 0.6) is 11.5 Å². The van der Waals surface area contributed by atoms with Gasteiger partial charge in [0.25, 0.3) is 5.91 Å². The van der Waals surface area contributed by atoms with Gasteiger partial charge >= 0.3 is 0 Å². The number of hydrogen-bond acceptors (Lipinski definition) is 6. The maximum absolute atomic E-state index is 14.0. The van der Waals surface area contributed by atoms with Crippen LogP contribution in [0.4, 0.5) is 0 Å². The first-order valence-electron chi connectivity index (χ1n) is 15.0. The third-order valence-corrected chi connectivity index (χ3v) is 8.98. The summed E-state index contributed by atoms with van der Waals surface area (Å²) in [6.45, 7) is 7.28. The van der Waals surface area contributed by atoms with Gasteiger partial charge in [-0.05, 0) is 53.8 Å². The molecule has 0 aliphatic carbocycles. The van der Waals surface area contributed by atoms with Crippen LogP contribution in [0.3, 0.4) is 0 Å². The van der Waals surface area contributed by atoms with Crippen LogP contribution in [0.15, 0.2) is 66.7 Å². The molecule has 1 N–H and O–H groups in total. The zero-order valence-electron chi connectivity index (χ0n) is 24.6. The van der Waals surface area contributed by atoms with E-state index in [-0.39, 0.29) is 17.9 Å². The van der Waals surface area contributed by atoms with Crippen molar-refractivity contribution in [2.24, 2.45) is 0 Å². The molecule has 2 unspecified atom stereocenters. The largest absolute Gasteiger partial charge is 0.493 e. The third kappa shape index (κ3) is 5.61. The van der Waals surface area contributed by atoms with Crippen molar-refractivity contribution in [3.8, 4) is 11.5 Å². The predicted octanol–water partition coefficient (Wildman–Crippen LogP) is 3.86. The molecule has 0 spiro atoms. The quantitative estimate of drug-likeness (QED) is 0.395. The molecule has 0 aromatic heterocycles. The van der Waals surface area contributed by atoms with Crippen LogP contribution >= 0.6 is 0 Å². The normalized spacial score (nSPS) is 20.3. The van der Waals surface area contributed by atoms with Gasteiger partial charge in [0.05, 0.1) is 26.2 Å². The lowest BCUT2D eigenvalue weighted by atomic mass is 9.75. The van der Waals surface area contributed by atoms with Crippen LogP contribution in [0.25, 0.3) is 0 Å². The van der Waals surface area contributed by atoms with Crippen molar-refractivity contribution in [2.75, 3.05) is 60.0 Å². The molecule has 2 atom stereocenters. The van der Waals surface area contributed by atoms with E-state index in [1.807, 2.05) is 23.1 Å². The van der Waals surface area contributed by atoms with Gasteiger partial charge in [-0.3, -0.25) is 14.5 Å². The molecular weight excluding hydrogens is 528 g/mol. The number of nitrogens with zero attached hydrogens (tertiary/aromatic N) is 3. The standard InChI is InChI=1S/C34H40N4O4/c1-41-29-21-27-28(22-30(29)42-2)34(40)38-16-13-25-11-6-7-12-26(25)32(38)31(27)33(39)35-14-8-15-36-17-19-37(20-18-36)23-24-9-4-3-5-10-24/h3-7,9-12,21-22,31-32H,8,13-20,23H2,1-2H3,(H,35,39). The number of hydrogen-bond donors (Lipinski definition) is 1. The van der Waals surface area contributed by atoms with E-state index in [1.165, 1.54) is 11.1 Å². The van der Waals surface area contributed by atoms with Crippen molar-refractivity contribution in [3.05, 3.63) is 94.5 Å². The maximum atomic E-state index is 14.0. The van der Waals surface area contributed by atoms with Crippen molar-refractivity contribution in [1.82, 2.24) is 20.0 Å². The zero-order valence-corrected chi connectivity index (χ0v) is 24.6. The van der Waals surface area contributed by atoms with Gasteiger partial charge in [-0.1, -0.05) is 54.6 Å². The lowest BCUT2D eigenvalue weighted by Crippen LogP contribution is -2.50. The second-order valence-electron chi connectivity index (χ2n) is 11.4. The fourth-order valence-corrected chi connectivity index (χ4v) is 6.77. The molecule has 3 heterocycles. The van der Waals surface area contributed by atoms with Crippen LogP contribution < -0.4 is 14.8 Å². The number of piperazine rings is 1. The number of carbonyl (C=O) groups excluding carboxylic acids is 2. The molecule has 3 aliphatic heterocycles. The van der Waals surface area contributed by atoms with E-state index in [0.717, 1.165) is 57.7 Å². The van der Waals surface area contributed by atoms with Crippen molar-refractivity contribution < 1.29 is 19.1 Å². The van der Waals surface area contributed by atoms with Crippen molar-refractivity contribution in [2.45, 2.75) is 31.3 Å². The Hall–Kier alpha value is -3.88. The third-order valence-electron chi connectivity index (χ3n) is 8.98. The van der Waals surface area contributed by atoms with Gasteiger partial charge in [0.15, 0.2) is 11.5 Å². The highest BCUT2D eigenvalue weighted by Gasteiger charge is 2.46. The topological polar surface area (TPSA) is 74.4 Å². The van der Waals surface area contributed by atoms with E-state index in [9.17, 15) is 9.59 Å². The number of methoxy groups -OCH3 is 2. The summed E-state index contributed by atoms with van der Waals surface area (Å²) in [5, 5.41) is 3.23. The monoisotopic (exact) mass is 568 g/mol. The predicted molar refractivity (Wildman–Crippen MR) is 162 cm³/mol. The van der Waals surface area contributed by atoms with E-state index in [2.05, 4.69) is 57.6 Å². The minimum absolute atomic E-state index is 0.0599. The summed E-state index contributed by atoms with van der Waals surface area (Å²) in [6.07, 6.45) is 1.65. The zero-order chi connectivity index (χ0) is 29.1. The van der Waals surface area contributed by atoms with Gasteiger partial charge in [0, 0.05) is 51.4 Å². The highest BCUT2D eigenvalue weighted by atomic mass is 16.5. The van der Waals surface area contributed by atoms with E-state index in [0.29, 0.717) is 35.7 Å². The summed E-state index contributed by atoms with van der Waals surface area (Å²) >= 11 is 0. The number of ether oxygens (including phenoxy) is 2. The first kappa shape index (κ1) is 28.2. The van der Waals surface area contributed by atoms with Gasteiger partial charge in [0.2, 0.25) is 5.91 Å². The van der Waals surface area contributed by atoms with E-state index >= 15 is 0 Å². The summed E-state index contributed by atoms with van der Waals surface area (Å²) in [5.74, 6) is 0.339. The second-order valence-corrected chi connectivity index (χ2v) is 11.4. The van der Waals surface area contributed by atoms with Gasteiger partial charge in [-0.25, -0.2) is 0 Å². The molecule has 6 rings (SSSR count). The first-order valence-corrected chi connectivity index (χ1v) is 15.0. The molecule has 42 heavy (non-hydrogen) atoms. The highest BCUT2D eigenvalue weighted by Crippen LogP contribution is 2.48. The highest BCUT2D eigenvalue weighted by molar-refractivity contribution is 6.02. The molecule has 3 aromatic rings. The molecule has 3 aromatic carbocycles. The summed E-state index contributed by atoms with van der Waals surface area (Å²) in [6, 6.07) is 22.0. The Kier molecular flexibility index (Phi) is 8.44. The van der Waals surface area contributed by atoms with Crippen molar-refractivity contribution >= 4 is 11.8 Å². The van der Waals surface area contributed by atoms with Crippen molar-refractivity contribution in [3.63, 3.8) is 0 Å². The molecule has 0 bridgehead atoms. The van der Waals surface area contributed by atoms with Gasteiger partial charge in [-0.2, -0.15) is 0 Å². The maximum Gasteiger partial charge on any atom is 0.254 e. The second kappa shape index (κ2) is 12.5. The fourth-order valence-electron chi connectivity index (χ4n) is 6.77. The molecular formula is C34H40N4O4. The Labute approximate surface area is 248 Å². The smallest absolute Gasteiger partial charge is 0.254 e. The molecule has 1 fully saturated rings. The molecule has 8 heteroatoms. The summed E-state index contributed by atoms with van der Waals surface area (Å²) in [5.41, 5.74) is 4.81.